The van der Waals surface area contributed by atoms with Gasteiger partial charge in [-0.25, -0.2) is 0 Å². The van der Waals surface area contributed by atoms with Gasteiger partial charge in [0.25, 0.3) is 11.7 Å². The van der Waals surface area contributed by atoms with Crippen LogP contribution >= 0.6 is 0 Å². The van der Waals surface area contributed by atoms with Gasteiger partial charge in [-0.05, 0) is 38.7 Å². The molecule has 0 unspecified atom stereocenters. The first kappa shape index (κ1) is 20.6. The van der Waals surface area contributed by atoms with E-state index in [1.807, 2.05) is 50.2 Å². The Labute approximate surface area is 171 Å². The maximum Gasteiger partial charge on any atom is 0.295 e. The number of aliphatic hydroxyl groups excluding tert-OH is 1. The van der Waals surface area contributed by atoms with Crippen LogP contribution in [0.15, 0.2) is 54.1 Å². The fraction of sp³-hybridized carbons (Fsp3) is 0.304. The van der Waals surface area contributed by atoms with Gasteiger partial charge in [0, 0.05) is 18.7 Å². The van der Waals surface area contributed by atoms with Crippen LogP contribution in [-0.2, 0) is 9.59 Å². The van der Waals surface area contributed by atoms with E-state index in [-0.39, 0.29) is 11.3 Å². The van der Waals surface area contributed by atoms with E-state index in [9.17, 15) is 14.7 Å². The van der Waals surface area contributed by atoms with E-state index < -0.39 is 17.7 Å². The Bertz CT molecular complexity index is 948. The standard InChI is InChI=1S/C23H26N2O4/c1-15-8-10-16(11-9-15)21(26)19-20(17-6-5-7-18(14-17)29-4)25(13-12-24(2)3)23(28)22(19)27/h5-11,14,20,26H,12-13H2,1-4H3/t20-/m0/s1. The molecule has 2 aromatic rings. The van der Waals surface area contributed by atoms with Gasteiger partial charge in [-0.15, -0.1) is 0 Å². The molecule has 6 heteroatoms. The topological polar surface area (TPSA) is 70.1 Å². The van der Waals surface area contributed by atoms with Crippen LogP contribution in [0.1, 0.15) is 22.7 Å². The van der Waals surface area contributed by atoms with Crippen LogP contribution in [0.5, 0.6) is 5.75 Å². The Morgan fingerprint density at radius 2 is 1.83 bits per heavy atom. The van der Waals surface area contributed by atoms with Crippen LogP contribution in [0, 0.1) is 6.92 Å². The Morgan fingerprint density at radius 3 is 2.45 bits per heavy atom. The molecule has 2 aromatic carbocycles. The smallest absolute Gasteiger partial charge is 0.295 e. The summed E-state index contributed by atoms with van der Waals surface area (Å²) >= 11 is 0. The maximum atomic E-state index is 12.9. The van der Waals surface area contributed by atoms with Crippen molar-refractivity contribution < 1.29 is 19.4 Å². The van der Waals surface area contributed by atoms with Crippen LogP contribution in [-0.4, -0.2) is 60.9 Å². The highest BCUT2D eigenvalue weighted by molar-refractivity contribution is 6.46. The quantitative estimate of drug-likeness (QED) is 0.463. The van der Waals surface area contributed by atoms with Crippen molar-refractivity contribution in [2.45, 2.75) is 13.0 Å². The zero-order chi connectivity index (χ0) is 21.1. The lowest BCUT2D eigenvalue weighted by atomic mass is 9.95. The largest absolute Gasteiger partial charge is 0.507 e. The van der Waals surface area contributed by atoms with Crippen molar-refractivity contribution in [3.8, 4) is 5.75 Å². The third-order valence-corrected chi connectivity index (χ3v) is 5.06. The fourth-order valence-corrected chi connectivity index (χ4v) is 3.44. The summed E-state index contributed by atoms with van der Waals surface area (Å²) in [5.41, 5.74) is 2.37. The van der Waals surface area contributed by atoms with Gasteiger partial charge in [0.05, 0.1) is 18.7 Å². The number of benzene rings is 2. The number of hydrogen-bond donors (Lipinski definition) is 1. The highest BCUT2D eigenvalue weighted by Crippen LogP contribution is 2.40. The van der Waals surface area contributed by atoms with Crippen molar-refractivity contribution in [2.24, 2.45) is 0 Å². The second-order valence-corrected chi connectivity index (χ2v) is 7.44. The van der Waals surface area contributed by atoms with Crippen LogP contribution in [0.25, 0.3) is 5.76 Å². The normalized spacial score (nSPS) is 18.5. The van der Waals surface area contributed by atoms with Crippen molar-refractivity contribution in [3.63, 3.8) is 0 Å². The summed E-state index contributed by atoms with van der Waals surface area (Å²) in [7, 11) is 5.38. The lowest BCUT2D eigenvalue weighted by Crippen LogP contribution is -2.35. The summed E-state index contributed by atoms with van der Waals surface area (Å²) in [6.45, 7) is 2.91. The molecular weight excluding hydrogens is 368 g/mol. The molecule has 1 aliphatic rings. The molecule has 0 radical (unpaired) electrons. The van der Waals surface area contributed by atoms with Gasteiger partial charge in [0.1, 0.15) is 11.5 Å². The molecular formula is C23H26N2O4. The van der Waals surface area contributed by atoms with Crippen molar-refractivity contribution in [2.75, 3.05) is 34.3 Å². The van der Waals surface area contributed by atoms with E-state index in [4.69, 9.17) is 4.74 Å². The van der Waals surface area contributed by atoms with Gasteiger partial charge < -0.3 is 19.6 Å². The van der Waals surface area contributed by atoms with Gasteiger partial charge in [-0.2, -0.15) is 0 Å². The first-order chi connectivity index (χ1) is 13.8. The number of ketones is 1. The summed E-state index contributed by atoms with van der Waals surface area (Å²) < 4.78 is 5.32. The van der Waals surface area contributed by atoms with E-state index in [2.05, 4.69) is 0 Å². The van der Waals surface area contributed by atoms with Crippen LogP contribution in [0.2, 0.25) is 0 Å². The molecule has 6 nitrogen and oxygen atoms in total. The molecule has 0 aromatic heterocycles. The van der Waals surface area contributed by atoms with Crippen molar-refractivity contribution in [3.05, 3.63) is 70.8 Å². The SMILES string of the molecule is COc1cccc([C@H]2C(=C(O)c3ccc(C)cc3)C(=O)C(=O)N2CCN(C)C)c1. The van der Waals surface area contributed by atoms with Gasteiger partial charge >= 0.3 is 0 Å². The number of aliphatic hydroxyl groups is 1. The van der Waals surface area contributed by atoms with Gasteiger partial charge in [0.2, 0.25) is 0 Å². The molecule has 0 saturated carbocycles. The van der Waals surface area contributed by atoms with Crippen LogP contribution in [0.3, 0.4) is 0 Å². The maximum absolute atomic E-state index is 12.9. The van der Waals surface area contributed by atoms with Gasteiger partial charge in [-0.1, -0.05) is 42.0 Å². The lowest BCUT2D eigenvalue weighted by molar-refractivity contribution is -0.140. The number of ether oxygens (including phenoxy) is 1. The molecule has 3 rings (SSSR count). The monoisotopic (exact) mass is 394 g/mol. The molecule has 1 N–H and O–H groups in total. The number of Topliss-reactive ketones (excluding diaryl/α,β-unsaturated/α-hetero) is 1. The minimum atomic E-state index is -0.675. The molecule has 1 heterocycles. The number of methoxy groups -OCH3 is 1. The van der Waals surface area contributed by atoms with Crippen molar-refractivity contribution in [1.82, 2.24) is 9.80 Å². The number of aryl methyl sites for hydroxylation is 1. The second kappa shape index (κ2) is 8.49. The number of amides is 1. The minimum Gasteiger partial charge on any atom is -0.507 e. The summed E-state index contributed by atoms with van der Waals surface area (Å²) in [6.07, 6.45) is 0. The van der Waals surface area contributed by atoms with E-state index in [0.717, 1.165) is 11.1 Å². The zero-order valence-corrected chi connectivity index (χ0v) is 17.2. The Morgan fingerprint density at radius 1 is 1.14 bits per heavy atom. The second-order valence-electron chi connectivity index (χ2n) is 7.44. The minimum absolute atomic E-state index is 0.103. The number of likely N-dealkylation sites (tertiary alicyclic amines) is 1. The summed E-state index contributed by atoms with van der Waals surface area (Å²) in [5, 5.41) is 11.0. The average molecular weight is 394 g/mol. The Kier molecular flexibility index (Phi) is 6.03. The van der Waals surface area contributed by atoms with Gasteiger partial charge in [0.15, 0.2) is 0 Å². The van der Waals surface area contributed by atoms with Crippen LogP contribution < -0.4 is 4.74 Å². The number of carbonyl (C=O) groups is 2. The van der Waals surface area contributed by atoms with E-state index in [1.165, 1.54) is 4.90 Å². The Balaban J connectivity index is 2.15. The third kappa shape index (κ3) is 4.17. The average Bonchev–Trinajstić information content (AvgIpc) is 2.97. The predicted molar refractivity (Wildman–Crippen MR) is 112 cm³/mol. The number of nitrogens with zero attached hydrogens (tertiary/aromatic N) is 2. The van der Waals surface area contributed by atoms with E-state index in [0.29, 0.717) is 24.4 Å². The zero-order valence-electron chi connectivity index (χ0n) is 17.2. The summed E-state index contributed by atoms with van der Waals surface area (Å²) in [5.74, 6) is -0.817. The molecule has 1 amide bonds. The predicted octanol–water partition coefficient (Wildman–Crippen LogP) is 2.99. The number of carbonyl (C=O) groups excluding carboxylic acids is 2. The highest BCUT2D eigenvalue weighted by Gasteiger charge is 2.45. The van der Waals surface area contributed by atoms with Crippen molar-refractivity contribution >= 4 is 17.4 Å². The first-order valence-corrected chi connectivity index (χ1v) is 9.47. The Hall–Kier alpha value is -3.12. The lowest BCUT2D eigenvalue weighted by Gasteiger charge is -2.26. The third-order valence-electron chi connectivity index (χ3n) is 5.06. The van der Waals surface area contributed by atoms with E-state index in [1.54, 1.807) is 31.4 Å². The molecule has 1 fully saturated rings. The highest BCUT2D eigenvalue weighted by atomic mass is 16.5. The van der Waals surface area contributed by atoms with Crippen LogP contribution in [0.4, 0.5) is 0 Å². The van der Waals surface area contributed by atoms with E-state index >= 15 is 0 Å². The molecule has 1 saturated heterocycles. The molecule has 0 bridgehead atoms. The fourth-order valence-electron chi connectivity index (χ4n) is 3.44. The van der Waals surface area contributed by atoms with Crippen molar-refractivity contribution in [1.29, 1.82) is 0 Å². The molecule has 0 spiro atoms. The first-order valence-electron chi connectivity index (χ1n) is 9.47. The number of hydrogen-bond acceptors (Lipinski definition) is 5. The van der Waals surface area contributed by atoms with Gasteiger partial charge in [-0.3, -0.25) is 9.59 Å². The molecule has 1 atom stereocenters. The number of rotatable bonds is 6. The summed E-state index contributed by atoms with van der Waals surface area (Å²) in [4.78, 5) is 29.2. The molecule has 0 aliphatic carbocycles. The number of likely N-dealkylation sites (N-methyl/N-ethyl adjacent to an activating group) is 1. The molecule has 29 heavy (non-hydrogen) atoms. The summed E-state index contributed by atoms with van der Waals surface area (Å²) in [6, 6.07) is 13.8. The molecule has 1 aliphatic heterocycles. The molecule has 152 valence electrons.